The summed E-state index contributed by atoms with van der Waals surface area (Å²) < 4.78 is 5.31. The Hall–Kier alpha value is 0.599. The molecule has 0 heterocycles. The molecule has 9 heavy (non-hydrogen) atoms. The van der Waals surface area contributed by atoms with Crippen molar-refractivity contribution >= 4 is 38.8 Å². The first-order valence-corrected chi connectivity index (χ1v) is 6.91. The minimum atomic E-state index is -0.438. The molecule has 1 nitrogen and oxygen atoms in total. The van der Waals surface area contributed by atoms with Gasteiger partial charge in [0.15, 0.2) is 0 Å². The van der Waals surface area contributed by atoms with Gasteiger partial charge in [0.25, 0.3) is 0 Å². The monoisotopic (exact) mass is 249 g/mol. The van der Waals surface area contributed by atoms with E-state index in [2.05, 4.69) is 27.5 Å². The molecule has 0 saturated carbocycles. The Morgan fingerprint density at radius 3 is 2.89 bits per heavy atom. The van der Waals surface area contributed by atoms with Crippen LogP contribution < -0.4 is 0 Å². The summed E-state index contributed by atoms with van der Waals surface area (Å²) in [5, 5.41) is 2.43. The van der Waals surface area contributed by atoms with E-state index in [4.69, 9.17) is 0 Å². The summed E-state index contributed by atoms with van der Waals surface area (Å²) in [5.41, 5.74) is 0. The van der Waals surface area contributed by atoms with Gasteiger partial charge in [0.05, 0.1) is 0 Å². The molecule has 0 aromatic rings. The molecule has 0 saturated heterocycles. The fourth-order valence-corrected chi connectivity index (χ4v) is 2.64. The van der Waals surface area contributed by atoms with Gasteiger partial charge in [0.1, 0.15) is 0 Å². The van der Waals surface area contributed by atoms with E-state index in [1.54, 1.807) is 0 Å². The first-order chi connectivity index (χ1) is 4.41. The van der Waals surface area contributed by atoms with Crippen LogP contribution in [0.15, 0.2) is 3.21 Å². The van der Waals surface area contributed by atoms with E-state index in [-0.39, 0.29) is 0 Å². The fourth-order valence-electron chi connectivity index (χ4n) is 0.542. The zero-order valence-corrected chi connectivity index (χ0v) is 9.35. The van der Waals surface area contributed by atoms with Crippen molar-refractivity contribution in [3.63, 3.8) is 0 Å². The minimum absolute atomic E-state index is 0.438. The van der Waals surface area contributed by atoms with Crippen LogP contribution >= 0.6 is 12.2 Å². The van der Waals surface area contributed by atoms with E-state index < -0.39 is 21.4 Å². The Morgan fingerprint density at radius 1 is 1.56 bits per heavy atom. The van der Waals surface area contributed by atoms with Gasteiger partial charge < -0.3 is 0 Å². The molecule has 0 fully saturated rings. The number of hydrogen-bond acceptors (Lipinski definition) is 2. The van der Waals surface area contributed by atoms with Crippen LogP contribution in [0.3, 0.4) is 0 Å². The van der Waals surface area contributed by atoms with Gasteiger partial charge in [-0.3, -0.25) is 0 Å². The van der Waals surface area contributed by atoms with Crippen LogP contribution in [0.1, 0.15) is 26.2 Å². The molecule has 0 atom stereocenters. The van der Waals surface area contributed by atoms with Crippen LogP contribution in [0.4, 0.5) is 0 Å². The third-order valence-electron chi connectivity index (χ3n) is 1.02. The van der Waals surface area contributed by atoms with Crippen LogP contribution in [0.2, 0.25) is 4.44 Å². The topological polar surface area (TPSA) is 12.4 Å². The average Bonchev–Trinajstić information content (AvgIpc) is 1.89. The number of hydrogen-bond donors (Lipinski definition) is 0. The fraction of sp³-hybridized carbons (Fsp3) is 0.833. The summed E-state index contributed by atoms with van der Waals surface area (Å²) in [6, 6.07) is 0. The molecule has 0 spiro atoms. The summed E-state index contributed by atoms with van der Waals surface area (Å²) in [6.45, 7) is 2.22. The molecule has 0 amide bonds. The number of thiocarbonyl (C=S) groups is 1. The zero-order chi connectivity index (χ0) is 6.95. The predicted molar refractivity (Wildman–Crippen MR) is 45.1 cm³/mol. The Labute approximate surface area is 72.5 Å². The van der Waals surface area contributed by atoms with Gasteiger partial charge in [0, 0.05) is 0 Å². The molecule has 0 aromatic carbocycles. The number of isothiocyanates is 1. The molecule has 0 aliphatic heterocycles. The Morgan fingerprint density at radius 2 is 2.33 bits per heavy atom. The van der Waals surface area contributed by atoms with Crippen molar-refractivity contribution in [2.45, 2.75) is 30.6 Å². The summed E-state index contributed by atoms with van der Waals surface area (Å²) in [6.07, 6.45) is 4.01. The van der Waals surface area contributed by atoms with Crippen LogP contribution in [0, 0.1) is 0 Å². The van der Waals surface area contributed by atoms with E-state index in [1.807, 2.05) is 0 Å². The van der Waals surface area contributed by atoms with Gasteiger partial charge in [-0.25, -0.2) is 0 Å². The summed E-state index contributed by atoms with van der Waals surface area (Å²) >= 11 is 4.02. The molecule has 0 bridgehead atoms. The van der Waals surface area contributed by atoms with Crippen LogP contribution in [-0.4, -0.2) is 26.6 Å². The Bertz CT molecular complexity index is 99.2. The molecule has 2 radical (unpaired) electrons. The van der Waals surface area contributed by atoms with Crippen molar-refractivity contribution in [2.24, 2.45) is 3.21 Å². The van der Waals surface area contributed by atoms with Gasteiger partial charge in [0.2, 0.25) is 0 Å². The molecule has 3 heteroatoms. The average molecular weight is 248 g/mol. The third-order valence-corrected chi connectivity index (χ3v) is 3.99. The molecule has 0 N–H and O–H groups in total. The number of nitrogens with zero attached hydrogens (tertiary/aromatic N) is 1. The Balaban J connectivity index is 2.82. The van der Waals surface area contributed by atoms with E-state index in [1.165, 1.54) is 23.7 Å². The number of rotatable bonds is 5. The van der Waals surface area contributed by atoms with E-state index in [0.717, 1.165) is 0 Å². The summed E-state index contributed by atoms with van der Waals surface area (Å²) in [5.74, 6) is 0. The van der Waals surface area contributed by atoms with Crippen LogP contribution in [-0.2, 0) is 0 Å². The van der Waals surface area contributed by atoms with Crippen molar-refractivity contribution in [1.82, 2.24) is 0 Å². The summed E-state index contributed by atoms with van der Waals surface area (Å²) in [7, 11) is 0. The van der Waals surface area contributed by atoms with Gasteiger partial charge in [-0.05, 0) is 0 Å². The van der Waals surface area contributed by atoms with E-state index in [0.29, 0.717) is 0 Å². The van der Waals surface area contributed by atoms with Crippen molar-refractivity contribution in [3.05, 3.63) is 0 Å². The van der Waals surface area contributed by atoms with Gasteiger partial charge in [-0.2, -0.15) is 0 Å². The van der Waals surface area contributed by atoms with Gasteiger partial charge in [-0.15, -0.1) is 0 Å². The standard InChI is InChI=1S/C5H11.CNS.Sn/c1-3-5-4-2;2-1-3;/h1,3-5H2,2H3;;/q;-1;+1. The molecular weight excluding hydrogens is 237 g/mol. The SMILES string of the molecule is CCCC[CH2][Sn][N]=C=S. The normalized spacial score (nSPS) is 8.56. The van der Waals surface area contributed by atoms with Crippen molar-refractivity contribution < 1.29 is 0 Å². The van der Waals surface area contributed by atoms with E-state index in [9.17, 15) is 0 Å². The zero-order valence-electron chi connectivity index (χ0n) is 5.68. The van der Waals surface area contributed by atoms with Crippen molar-refractivity contribution in [2.75, 3.05) is 0 Å². The molecule has 0 aliphatic carbocycles. The molecule has 0 rings (SSSR count). The molecule has 50 valence electrons. The third kappa shape index (κ3) is 8.60. The molecule has 0 aliphatic rings. The Kier molecular flexibility index (Phi) is 9.17. The quantitative estimate of drug-likeness (QED) is 0.314. The van der Waals surface area contributed by atoms with E-state index >= 15 is 0 Å². The maximum absolute atomic E-state index is 4.46. The second kappa shape index (κ2) is 8.60. The van der Waals surface area contributed by atoms with Gasteiger partial charge in [-0.1, -0.05) is 0 Å². The second-order valence-corrected chi connectivity index (χ2v) is 4.97. The van der Waals surface area contributed by atoms with Crippen molar-refractivity contribution in [3.8, 4) is 0 Å². The maximum atomic E-state index is 4.46. The van der Waals surface area contributed by atoms with Crippen LogP contribution in [0.25, 0.3) is 0 Å². The molecular formula is C6H11NSSn. The second-order valence-electron chi connectivity index (χ2n) is 1.82. The first kappa shape index (κ1) is 9.60. The number of unbranched alkanes of at least 4 members (excludes halogenated alkanes) is 2. The summed E-state index contributed by atoms with van der Waals surface area (Å²) in [4.78, 5) is 0. The van der Waals surface area contributed by atoms with Gasteiger partial charge >= 0.3 is 72.6 Å². The van der Waals surface area contributed by atoms with Crippen molar-refractivity contribution in [1.29, 1.82) is 0 Å². The predicted octanol–water partition coefficient (Wildman–Crippen LogP) is 2.32. The first-order valence-electron chi connectivity index (χ1n) is 3.21. The molecule has 0 aromatic heterocycles. The van der Waals surface area contributed by atoms with Crippen LogP contribution in [0.5, 0.6) is 0 Å². The molecule has 0 unspecified atom stereocenters.